The van der Waals surface area contributed by atoms with Crippen molar-refractivity contribution >= 4 is 17.2 Å². The summed E-state index contributed by atoms with van der Waals surface area (Å²) in [4.78, 5) is 14.3. The molecule has 5 heteroatoms. The van der Waals surface area contributed by atoms with Crippen LogP contribution >= 0.6 is 11.3 Å². The number of hydrogen-bond donors (Lipinski definition) is 2. The van der Waals surface area contributed by atoms with Crippen molar-refractivity contribution in [2.75, 3.05) is 19.7 Å². The fraction of sp³-hybridized carbons (Fsp3) is 0.615. The third-order valence-corrected chi connectivity index (χ3v) is 4.17. The summed E-state index contributed by atoms with van der Waals surface area (Å²) in [6.45, 7) is 5.12. The van der Waals surface area contributed by atoms with Crippen molar-refractivity contribution in [3.63, 3.8) is 0 Å². The first-order valence-corrected chi connectivity index (χ1v) is 7.26. The second-order valence-electron chi connectivity index (χ2n) is 4.40. The molecule has 2 rings (SSSR count). The molecule has 0 radical (unpaired) electrons. The van der Waals surface area contributed by atoms with Gasteiger partial charge in [-0.15, -0.1) is 11.3 Å². The Morgan fingerprint density at radius 3 is 3.06 bits per heavy atom. The van der Waals surface area contributed by atoms with Gasteiger partial charge in [0.25, 0.3) is 0 Å². The van der Waals surface area contributed by atoms with Gasteiger partial charge in [-0.1, -0.05) is 6.92 Å². The fourth-order valence-electron chi connectivity index (χ4n) is 1.92. The quantitative estimate of drug-likeness (QED) is 0.846. The average molecular weight is 268 g/mol. The maximum atomic E-state index is 11.7. The van der Waals surface area contributed by atoms with E-state index in [9.17, 15) is 4.79 Å². The molecule has 1 unspecified atom stereocenters. The minimum Gasteiger partial charge on any atom is -0.375 e. The molecule has 1 atom stereocenters. The molecule has 1 saturated heterocycles. The Bertz CT molecular complexity index is 386. The standard InChI is InChI=1S/C13H20N2O2S/c1-2-11-3-4-12(18-11)9-15-13(16)7-10-8-14-5-6-17-10/h3-4,10,14H,2,5-9H2,1H3,(H,15,16). The lowest BCUT2D eigenvalue weighted by atomic mass is 10.2. The smallest absolute Gasteiger partial charge is 0.222 e. The monoisotopic (exact) mass is 268 g/mol. The predicted molar refractivity (Wildman–Crippen MR) is 72.8 cm³/mol. The number of aryl methyl sites for hydroxylation is 1. The van der Waals surface area contributed by atoms with E-state index in [2.05, 4.69) is 29.7 Å². The molecule has 1 aromatic heterocycles. The molecule has 0 spiro atoms. The van der Waals surface area contributed by atoms with Crippen molar-refractivity contribution in [2.45, 2.75) is 32.4 Å². The molecule has 1 aromatic rings. The molecule has 1 amide bonds. The Kier molecular flexibility index (Phi) is 5.16. The molecule has 0 bridgehead atoms. The maximum absolute atomic E-state index is 11.7. The van der Waals surface area contributed by atoms with Gasteiger partial charge in [0, 0.05) is 22.8 Å². The highest BCUT2D eigenvalue weighted by atomic mass is 32.1. The van der Waals surface area contributed by atoms with E-state index in [0.717, 1.165) is 19.5 Å². The average Bonchev–Trinajstić information content (AvgIpc) is 2.85. The molecule has 0 saturated carbocycles. The van der Waals surface area contributed by atoms with Gasteiger partial charge in [-0.25, -0.2) is 0 Å². The second-order valence-corrected chi connectivity index (χ2v) is 5.65. The highest BCUT2D eigenvalue weighted by Gasteiger charge is 2.17. The van der Waals surface area contributed by atoms with Gasteiger partial charge in [0.05, 0.1) is 25.7 Å². The van der Waals surface area contributed by atoms with Gasteiger partial charge in [0.15, 0.2) is 0 Å². The van der Waals surface area contributed by atoms with Crippen molar-refractivity contribution < 1.29 is 9.53 Å². The number of hydrogen-bond acceptors (Lipinski definition) is 4. The molecule has 1 aliphatic heterocycles. The van der Waals surface area contributed by atoms with Crippen LogP contribution in [0.15, 0.2) is 12.1 Å². The number of carbonyl (C=O) groups is 1. The number of morpholine rings is 1. The molecule has 4 nitrogen and oxygen atoms in total. The zero-order valence-electron chi connectivity index (χ0n) is 10.7. The third-order valence-electron chi connectivity index (χ3n) is 2.94. The summed E-state index contributed by atoms with van der Waals surface area (Å²) in [6.07, 6.45) is 1.52. The number of nitrogens with one attached hydrogen (secondary N) is 2. The molecular weight excluding hydrogens is 248 g/mol. The summed E-state index contributed by atoms with van der Waals surface area (Å²) in [7, 11) is 0. The van der Waals surface area contributed by atoms with Crippen molar-refractivity contribution in [2.24, 2.45) is 0 Å². The number of thiophene rings is 1. The number of amides is 1. The van der Waals surface area contributed by atoms with Crippen LogP contribution in [-0.4, -0.2) is 31.7 Å². The Morgan fingerprint density at radius 2 is 2.39 bits per heavy atom. The van der Waals surface area contributed by atoms with Crippen molar-refractivity contribution in [3.05, 3.63) is 21.9 Å². The Labute approximate surface area is 112 Å². The van der Waals surface area contributed by atoms with Crippen LogP contribution in [0.5, 0.6) is 0 Å². The summed E-state index contributed by atoms with van der Waals surface area (Å²) in [5, 5.41) is 6.17. The molecule has 0 aliphatic carbocycles. The van der Waals surface area contributed by atoms with E-state index < -0.39 is 0 Å². The highest BCUT2D eigenvalue weighted by molar-refractivity contribution is 7.11. The van der Waals surface area contributed by atoms with Crippen molar-refractivity contribution in [1.82, 2.24) is 10.6 Å². The second kappa shape index (κ2) is 6.87. The molecule has 18 heavy (non-hydrogen) atoms. The lowest BCUT2D eigenvalue weighted by Gasteiger charge is -2.22. The molecule has 0 aromatic carbocycles. The van der Waals surface area contributed by atoms with E-state index in [1.165, 1.54) is 9.75 Å². The van der Waals surface area contributed by atoms with Gasteiger partial charge in [0.1, 0.15) is 0 Å². The third kappa shape index (κ3) is 4.08. The summed E-state index contributed by atoms with van der Waals surface area (Å²) in [6, 6.07) is 4.21. The van der Waals surface area contributed by atoms with Crippen molar-refractivity contribution in [1.29, 1.82) is 0 Å². The lowest BCUT2D eigenvalue weighted by molar-refractivity contribution is -0.124. The number of rotatable bonds is 5. The van der Waals surface area contributed by atoms with Gasteiger partial charge in [-0.05, 0) is 18.6 Å². The van der Waals surface area contributed by atoms with Crippen molar-refractivity contribution in [3.8, 4) is 0 Å². The molecule has 1 aliphatic rings. The molecule has 2 N–H and O–H groups in total. The van der Waals surface area contributed by atoms with Crippen LogP contribution in [0.1, 0.15) is 23.1 Å². The van der Waals surface area contributed by atoms with Gasteiger partial charge in [-0.3, -0.25) is 4.79 Å². The summed E-state index contributed by atoms with van der Waals surface area (Å²) >= 11 is 1.76. The molecule has 1 fully saturated rings. The Hall–Kier alpha value is -0.910. The normalized spacial score (nSPS) is 19.7. The Morgan fingerprint density at radius 1 is 1.56 bits per heavy atom. The van der Waals surface area contributed by atoms with E-state index in [-0.39, 0.29) is 12.0 Å². The first kappa shape index (κ1) is 13.5. The summed E-state index contributed by atoms with van der Waals surface area (Å²) in [5.41, 5.74) is 0. The van der Waals surface area contributed by atoms with Gasteiger partial charge in [0.2, 0.25) is 5.91 Å². The van der Waals surface area contributed by atoms with Gasteiger partial charge in [-0.2, -0.15) is 0 Å². The van der Waals surface area contributed by atoms with E-state index in [1.807, 2.05) is 0 Å². The van der Waals surface area contributed by atoms with Crippen LogP contribution in [0.4, 0.5) is 0 Å². The molecular formula is C13H20N2O2S. The van der Waals surface area contributed by atoms with E-state index >= 15 is 0 Å². The SMILES string of the molecule is CCc1ccc(CNC(=O)CC2CNCCO2)s1. The number of ether oxygens (including phenoxy) is 1. The zero-order chi connectivity index (χ0) is 12.8. The zero-order valence-corrected chi connectivity index (χ0v) is 11.5. The predicted octanol–water partition coefficient (Wildman–Crippen LogP) is 1.31. The minimum absolute atomic E-state index is 0.0216. The first-order valence-electron chi connectivity index (χ1n) is 6.44. The fourth-order valence-corrected chi connectivity index (χ4v) is 2.82. The van der Waals surface area contributed by atoms with Crippen LogP contribution in [0.2, 0.25) is 0 Å². The molecule has 2 heterocycles. The minimum atomic E-state index is 0.0216. The highest BCUT2D eigenvalue weighted by Crippen LogP contribution is 2.16. The van der Waals surface area contributed by atoms with E-state index in [1.54, 1.807) is 11.3 Å². The number of carbonyl (C=O) groups excluding carboxylic acids is 1. The van der Waals surface area contributed by atoms with Gasteiger partial charge >= 0.3 is 0 Å². The van der Waals surface area contributed by atoms with Crippen LogP contribution in [0.3, 0.4) is 0 Å². The van der Waals surface area contributed by atoms with Crippen LogP contribution in [0.25, 0.3) is 0 Å². The summed E-state index contributed by atoms with van der Waals surface area (Å²) < 4.78 is 5.50. The Balaban J connectivity index is 1.70. The van der Waals surface area contributed by atoms with Crippen LogP contribution in [-0.2, 0) is 22.5 Å². The topological polar surface area (TPSA) is 50.4 Å². The van der Waals surface area contributed by atoms with E-state index in [0.29, 0.717) is 19.6 Å². The van der Waals surface area contributed by atoms with Crippen LogP contribution < -0.4 is 10.6 Å². The molecule has 100 valence electrons. The lowest BCUT2D eigenvalue weighted by Crippen LogP contribution is -2.41. The first-order chi connectivity index (χ1) is 8.78. The van der Waals surface area contributed by atoms with Crippen LogP contribution in [0, 0.1) is 0 Å². The van der Waals surface area contributed by atoms with Gasteiger partial charge < -0.3 is 15.4 Å². The maximum Gasteiger partial charge on any atom is 0.222 e. The summed E-state index contributed by atoms with van der Waals surface area (Å²) in [5.74, 6) is 0.0650. The largest absolute Gasteiger partial charge is 0.375 e. The van der Waals surface area contributed by atoms with E-state index in [4.69, 9.17) is 4.74 Å².